The standard InChI is InChI=1S/C17H18N2O3/c20-16(14-9-5-11-18-12-14)19-15(17(21)22)10-4-8-13-6-2-1-3-7-13/h1-3,5-7,9,11-12,15H,4,8,10H2,(H,19,20)(H,21,22)/t15-/m1/s1. The number of amides is 1. The minimum absolute atomic E-state index is 0.358. The first-order valence-electron chi connectivity index (χ1n) is 7.14. The summed E-state index contributed by atoms with van der Waals surface area (Å²) in [6, 6.07) is 12.2. The number of nitrogens with zero attached hydrogens (tertiary/aromatic N) is 1. The Morgan fingerprint density at radius 2 is 1.91 bits per heavy atom. The Balaban J connectivity index is 1.87. The van der Waals surface area contributed by atoms with Crippen molar-refractivity contribution in [3.63, 3.8) is 0 Å². The van der Waals surface area contributed by atoms with Crippen molar-refractivity contribution in [1.29, 1.82) is 0 Å². The number of pyridine rings is 1. The van der Waals surface area contributed by atoms with Gasteiger partial charge in [-0.2, -0.15) is 0 Å². The molecule has 114 valence electrons. The molecule has 1 atom stereocenters. The molecule has 0 radical (unpaired) electrons. The van der Waals surface area contributed by atoms with Crippen LogP contribution in [0.2, 0.25) is 0 Å². The van der Waals surface area contributed by atoms with Crippen LogP contribution in [0.15, 0.2) is 54.9 Å². The second-order valence-corrected chi connectivity index (χ2v) is 4.98. The van der Waals surface area contributed by atoms with Crippen LogP contribution >= 0.6 is 0 Å². The number of aryl methyl sites for hydroxylation is 1. The molecule has 0 saturated heterocycles. The Hall–Kier alpha value is -2.69. The van der Waals surface area contributed by atoms with E-state index in [0.717, 1.165) is 12.0 Å². The summed E-state index contributed by atoms with van der Waals surface area (Å²) in [5.74, 6) is -1.44. The monoisotopic (exact) mass is 298 g/mol. The van der Waals surface area contributed by atoms with Crippen LogP contribution in [-0.2, 0) is 11.2 Å². The molecular formula is C17H18N2O3. The highest BCUT2D eigenvalue weighted by Gasteiger charge is 2.20. The maximum absolute atomic E-state index is 12.0. The fourth-order valence-corrected chi connectivity index (χ4v) is 2.15. The number of rotatable bonds is 7. The van der Waals surface area contributed by atoms with E-state index in [4.69, 9.17) is 0 Å². The van der Waals surface area contributed by atoms with Gasteiger partial charge in [0.05, 0.1) is 5.56 Å². The number of carbonyl (C=O) groups excluding carboxylic acids is 1. The lowest BCUT2D eigenvalue weighted by molar-refractivity contribution is -0.139. The van der Waals surface area contributed by atoms with Crippen molar-refractivity contribution in [2.75, 3.05) is 0 Å². The van der Waals surface area contributed by atoms with Gasteiger partial charge in [-0.05, 0) is 37.0 Å². The number of hydrogen-bond acceptors (Lipinski definition) is 3. The van der Waals surface area contributed by atoms with Crippen molar-refractivity contribution in [3.8, 4) is 0 Å². The molecule has 2 rings (SSSR count). The van der Waals surface area contributed by atoms with Gasteiger partial charge in [0.25, 0.3) is 5.91 Å². The molecule has 0 saturated carbocycles. The van der Waals surface area contributed by atoms with Crippen LogP contribution in [0.5, 0.6) is 0 Å². The number of aliphatic carboxylic acids is 1. The smallest absolute Gasteiger partial charge is 0.326 e. The molecule has 0 unspecified atom stereocenters. The molecule has 1 aromatic heterocycles. The Bertz CT molecular complexity index is 614. The average Bonchev–Trinajstić information content (AvgIpc) is 2.55. The topological polar surface area (TPSA) is 79.3 Å². The van der Waals surface area contributed by atoms with Gasteiger partial charge in [0.1, 0.15) is 6.04 Å². The van der Waals surface area contributed by atoms with Gasteiger partial charge in [-0.15, -0.1) is 0 Å². The Morgan fingerprint density at radius 1 is 1.14 bits per heavy atom. The molecule has 0 aliphatic heterocycles. The third-order valence-electron chi connectivity index (χ3n) is 3.33. The number of carboxylic acid groups (broad SMARTS) is 1. The maximum atomic E-state index is 12.0. The Labute approximate surface area is 129 Å². The number of benzene rings is 1. The number of carbonyl (C=O) groups is 2. The third kappa shape index (κ3) is 4.70. The van der Waals surface area contributed by atoms with Gasteiger partial charge in [-0.3, -0.25) is 9.78 Å². The first-order chi connectivity index (χ1) is 10.7. The highest BCUT2D eigenvalue weighted by Crippen LogP contribution is 2.08. The van der Waals surface area contributed by atoms with E-state index in [1.54, 1.807) is 18.3 Å². The fourth-order valence-electron chi connectivity index (χ4n) is 2.15. The summed E-state index contributed by atoms with van der Waals surface area (Å²) >= 11 is 0. The summed E-state index contributed by atoms with van der Waals surface area (Å²) in [6.45, 7) is 0. The van der Waals surface area contributed by atoms with E-state index < -0.39 is 17.9 Å². The fraction of sp³-hybridized carbons (Fsp3) is 0.235. The van der Waals surface area contributed by atoms with Crippen molar-refractivity contribution >= 4 is 11.9 Å². The summed E-state index contributed by atoms with van der Waals surface area (Å²) < 4.78 is 0. The van der Waals surface area contributed by atoms with Crippen LogP contribution in [0.1, 0.15) is 28.8 Å². The molecule has 0 spiro atoms. The van der Waals surface area contributed by atoms with Crippen LogP contribution in [0.25, 0.3) is 0 Å². The highest BCUT2D eigenvalue weighted by molar-refractivity contribution is 5.96. The van der Waals surface area contributed by atoms with E-state index in [1.165, 1.54) is 6.20 Å². The molecule has 2 aromatic rings. The molecule has 0 bridgehead atoms. The zero-order chi connectivity index (χ0) is 15.8. The summed E-state index contributed by atoms with van der Waals surface area (Å²) in [5.41, 5.74) is 1.52. The zero-order valence-corrected chi connectivity index (χ0v) is 12.1. The van der Waals surface area contributed by atoms with Gasteiger partial charge in [0, 0.05) is 12.4 Å². The summed E-state index contributed by atoms with van der Waals surface area (Å²) in [6.07, 6.45) is 4.83. The van der Waals surface area contributed by atoms with Crippen molar-refractivity contribution in [3.05, 3.63) is 66.0 Å². The lowest BCUT2D eigenvalue weighted by atomic mass is 10.0. The van der Waals surface area contributed by atoms with E-state index >= 15 is 0 Å². The number of hydrogen-bond donors (Lipinski definition) is 2. The summed E-state index contributed by atoms with van der Waals surface area (Å²) in [7, 11) is 0. The Morgan fingerprint density at radius 3 is 2.55 bits per heavy atom. The van der Waals surface area contributed by atoms with Gasteiger partial charge in [0.15, 0.2) is 0 Å². The molecule has 2 N–H and O–H groups in total. The minimum atomic E-state index is -1.02. The molecule has 0 aliphatic rings. The van der Waals surface area contributed by atoms with E-state index in [-0.39, 0.29) is 0 Å². The van der Waals surface area contributed by atoms with Crippen molar-refractivity contribution in [2.24, 2.45) is 0 Å². The lowest BCUT2D eigenvalue weighted by Crippen LogP contribution is -2.40. The van der Waals surface area contributed by atoms with Crippen molar-refractivity contribution < 1.29 is 14.7 Å². The molecule has 0 fully saturated rings. The van der Waals surface area contributed by atoms with E-state index in [9.17, 15) is 14.7 Å². The third-order valence-corrected chi connectivity index (χ3v) is 3.33. The van der Waals surface area contributed by atoms with Crippen molar-refractivity contribution in [2.45, 2.75) is 25.3 Å². The number of aromatic nitrogens is 1. The molecule has 5 heteroatoms. The molecular weight excluding hydrogens is 280 g/mol. The molecule has 0 aliphatic carbocycles. The number of nitrogens with one attached hydrogen (secondary N) is 1. The molecule has 5 nitrogen and oxygen atoms in total. The molecule has 1 aromatic carbocycles. The van der Waals surface area contributed by atoms with Crippen molar-refractivity contribution in [1.82, 2.24) is 10.3 Å². The zero-order valence-electron chi connectivity index (χ0n) is 12.1. The highest BCUT2D eigenvalue weighted by atomic mass is 16.4. The number of carboxylic acids is 1. The largest absolute Gasteiger partial charge is 0.480 e. The SMILES string of the molecule is O=C(N[C@H](CCCc1ccccc1)C(=O)O)c1cccnc1. The van der Waals surface area contributed by atoms with E-state index in [2.05, 4.69) is 10.3 Å². The van der Waals surface area contributed by atoms with E-state index in [0.29, 0.717) is 18.4 Å². The second kappa shape index (κ2) is 7.93. The van der Waals surface area contributed by atoms with Gasteiger partial charge in [-0.1, -0.05) is 30.3 Å². The summed E-state index contributed by atoms with van der Waals surface area (Å²) in [4.78, 5) is 27.1. The first kappa shape index (κ1) is 15.7. The van der Waals surface area contributed by atoms with E-state index in [1.807, 2.05) is 30.3 Å². The average molecular weight is 298 g/mol. The molecule has 22 heavy (non-hydrogen) atoms. The first-order valence-corrected chi connectivity index (χ1v) is 7.14. The van der Waals surface area contributed by atoms with Gasteiger partial charge >= 0.3 is 5.97 Å². The maximum Gasteiger partial charge on any atom is 0.326 e. The van der Waals surface area contributed by atoms with Crippen LogP contribution in [0, 0.1) is 0 Å². The predicted octanol–water partition coefficient (Wildman–Crippen LogP) is 2.29. The van der Waals surface area contributed by atoms with Gasteiger partial charge in [0.2, 0.25) is 0 Å². The Kier molecular flexibility index (Phi) is 5.65. The quantitative estimate of drug-likeness (QED) is 0.822. The molecule has 1 amide bonds. The van der Waals surface area contributed by atoms with Gasteiger partial charge < -0.3 is 10.4 Å². The van der Waals surface area contributed by atoms with Crippen LogP contribution in [0.4, 0.5) is 0 Å². The van der Waals surface area contributed by atoms with Crippen LogP contribution in [0.3, 0.4) is 0 Å². The van der Waals surface area contributed by atoms with Crippen LogP contribution < -0.4 is 5.32 Å². The summed E-state index contributed by atoms with van der Waals surface area (Å²) in [5, 5.41) is 11.8. The molecule has 1 heterocycles. The normalized spacial score (nSPS) is 11.6. The predicted molar refractivity (Wildman–Crippen MR) is 82.5 cm³/mol. The van der Waals surface area contributed by atoms with Crippen LogP contribution in [-0.4, -0.2) is 28.0 Å². The minimum Gasteiger partial charge on any atom is -0.480 e. The lowest BCUT2D eigenvalue weighted by Gasteiger charge is -2.14. The second-order valence-electron chi connectivity index (χ2n) is 4.98. The van der Waals surface area contributed by atoms with Gasteiger partial charge in [-0.25, -0.2) is 4.79 Å².